The highest BCUT2D eigenvalue weighted by Crippen LogP contribution is 2.27. The predicted molar refractivity (Wildman–Crippen MR) is 40.3 cm³/mol. The van der Waals surface area contributed by atoms with Gasteiger partial charge in [-0.3, -0.25) is 0 Å². The Morgan fingerprint density at radius 2 is 1.78 bits per heavy atom. The largest absolute Gasteiger partial charge is 0.396 e. The molecule has 1 heteroatoms. The van der Waals surface area contributed by atoms with Crippen LogP contribution in [0.25, 0.3) is 0 Å². The molecule has 1 nitrogen and oxygen atoms in total. The zero-order valence-electron chi connectivity index (χ0n) is 6.94. The summed E-state index contributed by atoms with van der Waals surface area (Å²) in [5, 5.41) is 8.86. The minimum atomic E-state index is 0.267. The van der Waals surface area contributed by atoms with Crippen LogP contribution in [0.5, 0.6) is 0 Å². The summed E-state index contributed by atoms with van der Waals surface area (Å²) in [4.78, 5) is 0. The topological polar surface area (TPSA) is 20.2 Å². The molecule has 0 aliphatic carbocycles. The molecular weight excluding hydrogens is 112 g/mol. The standard InChI is InChI=1S/C8H18O/c1-5-7(6-9)8(2,3)4/h7,9H,5-6H2,1-4H3/t7-/m1/s1. The van der Waals surface area contributed by atoms with E-state index in [1.54, 1.807) is 0 Å². The molecule has 0 aromatic heterocycles. The van der Waals surface area contributed by atoms with Crippen LogP contribution in [-0.2, 0) is 0 Å². The summed E-state index contributed by atoms with van der Waals surface area (Å²) >= 11 is 0. The lowest BCUT2D eigenvalue weighted by atomic mass is 9.80. The first-order valence-electron chi connectivity index (χ1n) is 3.63. The smallest absolute Gasteiger partial charge is 0.0464 e. The SMILES string of the molecule is CC[C@H](CO)C(C)(C)C. The van der Waals surface area contributed by atoms with Crippen molar-refractivity contribution in [1.82, 2.24) is 0 Å². The molecule has 0 unspecified atom stereocenters. The van der Waals surface area contributed by atoms with Crippen LogP contribution < -0.4 is 0 Å². The van der Waals surface area contributed by atoms with Gasteiger partial charge in [-0.2, -0.15) is 0 Å². The fraction of sp³-hybridized carbons (Fsp3) is 1.00. The zero-order chi connectivity index (χ0) is 7.49. The van der Waals surface area contributed by atoms with Crippen molar-refractivity contribution in [3.63, 3.8) is 0 Å². The Kier molecular flexibility index (Phi) is 3.20. The van der Waals surface area contributed by atoms with Gasteiger partial charge in [-0.1, -0.05) is 34.1 Å². The maximum atomic E-state index is 8.86. The highest BCUT2D eigenvalue weighted by molar-refractivity contribution is 4.71. The first kappa shape index (κ1) is 8.96. The Morgan fingerprint density at radius 3 is 1.78 bits per heavy atom. The van der Waals surface area contributed by atoms with Crippen molar-refractivity contribution in [2.75, 3.05) is 6.61 Å². The molecule has 0 aromatic rings. The van der Waals surface area contributed by atoms with E-state index < -0.39 is 0 Å². The number of hydrogen-bond donors (Lipinski definition) is 1. The minimum absolute atomic E-state index is 0.267. The highest BCUT2D eigenvalue weighted by atomic mass is 16.3. The van der Waals surface area contributed by atoms with Gasteiger partial charge in [0.25, 0.3) is 0 Å². The molecule has 0 bridgehead atoms. The molecule has 9 heavy (non-hydrogen) atoms. The summed E-state index contributed by atoms with van der Waals surface area (Å²) < 4.78 is 0. The maximum absolute atomic E-state index is 8.86. The van der Waals surface area contributed by atoms with Gasteiger partial charge in [0.2, 0.25) is 0 Å². The van der Waals surface area contributed by atoms with Crippen molar-refractivity contribution in [3.05, 3.63) is 0 Å². The lowest BCUT2D eigenvalue weighted by Crippen LogP contribution is -2.22. The first-order chi connectivity index (χ1) is 4.02. The van der Waals surface area contributed by atoms with Gasteiger partial charge in [0.15, 0.2) is 0 Å². The van der Waals surface area contributed by atoms with Crippen LogP contribution in [0.1, 0.15) is 34.1 Å². The van der Waals surface area contributed by atoms with Crippen molar-refractivity contribution < 1.29 is 5.11 Å². The lowest BCUT2D eigenvalue weighted by Gasteiger charge is -2.27. The second-order valence-corrected chi connectivity index (χ2v) is 3.65. The quantitative estimate of drug-likeness (QED) is 0.606. The van der Waals surface area contributed by atoms with Crippen molar-refractivity contribution in [1.29, 1.82) is 0 Å². The molecule has 1 atom stereocenters. The fourth-order valence-electron chi connectivity index (χ4n) is 1.02. The Bertz CT molecular complexity index is 67.1. The van der Waals surface area contributed by atoms with Crippen LogP contribution in [0.4, 0.5) is 0 Å². The number of rotatable bonds is 2. The van der Waals surface area contributed by atoms with Crippen LogP contribution in [0.2, 0.25) is 0 Å². The summed E-state index contributed by atoms with van der Waals surface area (Å²) in [5.41, 5.74) is 0.267. The molecule has 0 aliphatic heterocycles. The zero-order valence-corrected chi connectivity index (χ0v) is 6.94. The summed E-state index contributed by atoms with van der Waals surface area (Å²) in [6, 6.07) is 0. The van der Waals surface area contributed by atoms with E-state index in [4.69, 9.17) is 5.11 Å². The van der Waals surface area contributed by atoms with E-state index in [1.807, 2.05) is 0 Å². The summed E-state index contributed by atoms with van der Waals surface area (Å²) in [6.45, 7) is 8.93. The van der Waals surface area contributed by atoms with Crippen LogP contribution in [0.3, 0.4) is 0 Å². The number of aliphatic hydroxyl groups is 1. The molecule has 0 heterocycles. The van der Waals surface area contributed by atoms with E-state index in [1.165, 1.54) is 0 Å². The van der Waals surface area contributed by atoms with E-state index >= 15 is 0 Å². The number of hydrogen-bond acceptors (Lipinski definition) is 1. The van der Waals surface area contributed by atoms with Gasteiger partial charge in [0.1, 0.15) is 0 Å². The summed E-state index contributed by atoms with van der Waals surface area (Å²) in [7, 11) is 0. The van der Waals surface area contributed by atoms with E-state index in [-0.39, 0.29) is 5.41 Å². The first-order valence-corrected chi connectivity index (χ1v) is 3.63. The molecule has 0 radical (unpaired) electrons. The molecule has 0 aromatic carbocycles. The van der Waals surface area contributed by atoms with Gasteiger partial charge in [0.05, 0.1) is 0 Å². The molecule has 0 rings (SSSR count). The van der Waals surface area contributed by atoms with Gasteiger partial charge < -0.3 is 5.11 Å². The van der Waals surface area contributed by atoms with Gasteiger partial charge in [-0.15, -0.1) is 0 Å². The molecular formula is C8H18O. The minimum Gasteiger partial charge on any atom is -0.396 e. The van der Waals surface area contributed by atoms with E-state index in [0.717, 1.165) is 6.42 Å². The average molecular weight is 130 g/mol. The van der Waals surface area contributed by atoms with Gasteiger partial charge in [-0.05, 0) is 11.3 Å². The van der Waals surface area contributed by atoms with E-state index in [0.29, 0.717) is 12.5 Å². The molecule has 56 valence electrons. The average Bonchev–Trinajstić information content (AvgIpc) is 1.65. The Hall–Kier alpha value is -0.0400. The Labute approximate surface area is 58.1 Å². The highest BCUT2D eigenvalue weighted by Gasteiger charge is 2.21. The third-order valence-electron chi connectivity index (χ3n) is 1.94. The number of aliphatic hydroxyl groups excluding tert-OH is 1. The van der Waals surface area contributed by atoms with Crippen LogP contribution in [0, 0.1) is 11.3 Å². The van der Waals surface area contributed by atoms with Crippen molar-refractivity contribution in [2.24, 2.45) is 11.3 Å². The fourth-order valence-corrected chi connectivity index (χ4v) is 1.02. The molecule has 1 N–H and O–H groups in total. The van der Waals surface area contributed by atoms with Crippen molar-refractivity contribution in [3.8, 4) is 0 Å². The molecule has 0 saturated carbocycles. The van der Waals surface area contributed by atoms with Gasteiger partial charge in [0, 0.05) is 6.61 Å². The molecule has 0 fully saturated rings. The monoisotopic (exact) mass is 130 g/mol. The van der Waals surface area contributed by atoms with E-state index in [9.17, 15) is 0 Å². The van der Waals surface area contributed by atoms with Crippen LogP contribution >= 0.6 is 0 Å². The third-order valence-corrected chi connectivity index (χ3v) is 1.94. The second kappa shape index (κ2) is 3.21. The molecule has 0 saturated heterocycles. The summed E-state index contributed by atoms with van der Waals surface area (Å²) in [5.74, 6) is 0.456. The lowest BCUT2D eigenvalue weighted by molar-refractivity contribution is 0.127. The van der Waals surface area contributed by atoms with E-state index in [2.05, 4.69) is 27.7 Å². The van der Waals surface area contributed by atoms with Crippen LogP contribution in [-0.4, -0.2) is 11.7 Å². The second-order valence-electron chi connectivity index (χ2n) is 3.65. The summed E-state index contributed by atoms with van der Waals surface area (Å²) in [6.07, 6.45) is 1.07. The maximum Gasteiger partial charge on any atom is 0.0464 e. The normalized spacial score (nSPS) is 15.7. The van der Waals surface area contributed by atoms with Crippen LogP contribution in [0.15, 0.2) is 0 Å². The Morgan fingerprint density at radius 1 is 1.33 bits per heavy atom. The predicted octanol–water partition coefficient (Wildman–Crippen LogP) is 2.05. The third kappa shape index (κ3) is 2.85. The van der Waals surface area contributed by atoms with Gasteiger partial charge in [-0.25, -0.2) is 0 Å². The Balaban J connectivity index is 3.79. The van der Waals surface area contributed by atoms with Crippen molar-refractivity contribution in [2.45, 2.75) is 34.1 Å². The molecule has 0 aliphatic rings. The van der Waals surface area contributed by atoms with Gasteiger partial charge >= 0.3 is 0 Å². The molecule has 0 amide bonds. The van der Waals surface area contributed by atoms with Crippen molar-refractivity contribution >= 4 is 0 Å². The molecule has 0 spiro atoms.